The van der Waals surface area contributed by atoms with Gasteiger partial charge in [0.2, 0.25) is 0 Å². The van der Waals surface area contributed by atoms with Crippen LogP contribution in [0.3, 0.4) is 0 Å². The Balaban J connectivity index is 1.27. The smallest absolute Gasteiger partial charge is 0.394 e. The van der Waals surface area contributed by atoms with Crippen molar-refractivity contribution < 1.29 is 60.2 Å². The van der Waals surface area contributed by atoms with E-state index >= 15 is 8.78 Å². The van der Waals surface area contributed by atoms with E-state index < -0.39 is 107 Å². The van der Waals surface area contributed by atoms with Gasteiger partial charge in [-0.2, -0.15) is 10.5 Å². The summed E-state index contributed by atoms with van der Waals surface area (Å²) in [7, 11) is -5.11. The van der Waals surface area contributed by atoms with Crippen molar-refractivity contribution in [2.45, 2.75) is 62.1 Å². The first-order chi connectivity index (χ1) is 28.3. The fourth-order valence-electron chi connectivity index (χ4n) is 5.90. The summed E-state index contributed by atoms with van der Waals surface area (Å²) in [4.78, 5) is 61.8. The van der Waals surface area contributed by atoms with E-state index in [-0.39, 0.29) is 29.8 Å². The number of H-pyrrole nitrogens is 1. The molecule has 0 bridgehead atoms. The van der Waals surface area contributed by atoms with Crippen LogP contribution in [0.1, 0.15) is 35.7 Å². The summed E-state index contributed by atoms with van der Waals surface area (Å²) in [5.41, 5.74) is -1.55. The third-order valence-corrected chi connectivity index (χ3v) is 11.9. The zero-order chi connectivity index (χ0) is 42.3. The number of aromatic nitrogens is 6. The number of carbonyl (C=O) groups is 1. The predicted octanol–water partition coefficient (Wildman–Crippen LogP) is 2.06. The number of halogens is 2. The highest BCUT2D eigenvalue weighted by molar-refractivity contribution is 8.07. The molecule has 2 aliphatic heterocycles. The summed E-state index contributed by atoms with van der Waals surface area (Å²) < 4.78 is 86.1. The number of hydrogen-bond donors (Lipinski definition) is 4. The van der Waals surface area contributed by atoms with E-state index in [1.54, 1.807) is 36.4 Å². The molecule has 10 atom stereocenters. The van der Waals surface area contributed by atoms with E-state index in [0.717, 1.165) is 29.5 Å². The van der Waals surface area contributed by atoms with E-state index in [0.29, 0.717) is 10.1 Å². The Bertz CT molecular complexity index is 2430. The van der Waals surface area contributed by atoms with Crippen molar-refractivity contribution in [3.63, 3.8) is 0 Å². The number of aliphatic hydroxyl groups excluding tert-OH is 1. The Morgan fingerprint density at radius 1 is 0.949 bits per heavy atom. The molecular formula is C32H33F2N9O13P2S. The molecule has 4 N–H and O–H groups in total. The van der Waals surface area contributed by atoms with Crippen molar-refractivity contribution in [1.29, 1.82) is 10.5 Å². The van der Waals surface area contributed by atoms with Crippen LogP contribution < -0.4 is 16.6 Å². The molecule has 4 aromatic rings. The normalized spacial score (nSPS) is 26.1. The molecule has 0 spiro atoms. The highest BCUT2D eigenvalue weighted by Crippen LogP contribution is 2.55. The first-order valence-electron chi connectivity index (χ1n) is 17.3. The van der Waals surface area contributed by atoms with Gasteiger partial charge in [0.1, 0.15) is 30.7 Å². The number of ether oxygens (including phenoxy) is 2. The molecule has 59 heavy (non-hydrogen) atoms. The van der Waals surface area contributed by atoms with Crippen LogP contribution in [0, 0.1) is 22.7 Å². The zero-order valence-corrected chi connectivity index (χ0v) is 32.7. The van der Waals surface area contributed by atoms with Gasteiger partial charge in [-0.15, -0.1) is 0 Å². The molecular weight excluding hydrogens is 850 g/mol. The zero-order valence-electron chi connectivity index (χ0n) is 30.1. The molecule has 0 saturated carbocycles. The Labute approximate surface area is 336 Å². The number of imidazole rings is 1. The number of rotatable bonds is 18. The molecule has 0 radical (unpaired) electrons. The van der Waals surface area contributed by atoms with Gasteiger partial charge in [0.25, 0.3) is 11.5 Å². The van der Waals surface area contributed by atoms with Gasteiger partial charge in [0.05, 0.1) is 57.7 Å². The van der Waals surface area contributed by atoms with Gasteiger partial charge in [0, 0.05) is 17.8 Å². The van der Waals surface area contributed by atoms with Crippen molar-refractivity contribution in [3.8, 4) is 12.1 Å². The fourth-order valence-corrected chi connectivity index (χ4v) is 8.94. The van der Waals surface area contributed by atoms with E-state index in [1.807, 2.05) is 11.1 Å². The van der Waals surface area contributed by atoms with Crippen LogP contribution in [0.15, 0.2) is 64.8 Å². The largest absolute Gasteiger partial charge is 0.472 e. The maximum atomic E-state index is 16.6. The summed E-state index contributed by atoms with van der Waals surface area (Å²) >= 11 is 5.54. The number of nitrogens with zero attached hydrogens (tertiary/aromatic N) is 7. The minimum absolute atomic E-state index is 0.00707. The lowest BCUT2D eigenvalue weighted by Gasteiger charge is -2.29. The summed E-state index contributed by atoms with van der Waals surface area (Å²) in [6.45, 7) is -6.99. The number of phosphoric ester groups is 1. The number of nitrogens with one attached hydrogen (secondary N) is 2. The van der Waals surface area contributed by atoms with Gasteiger partial charge in [0.15, 0.2) is 41.8 Å². The van der Waals surface area contributed by atoms with Crippen LogP contribution in [0.5, 0.6) is 0 Å². The van der Waals surface area contributed by atoms with Crippen LogP contribution >= 0.6 is 14.5 Å². The lowest BCUT2D eigenvalue weighted by atomic mass is 10.1. The van der Waals surface area contributed by atoms with Gasteiger partial charge < -0.3 is 33.8 Å². The molecule has 314 valence electrons. The SMILES string of the molecule is N#CCCOP(=O)(O)OC1[C@@H](COP(=S)(OCCC#N)OC2[C@@H](CO)O[C@@H](n3ccc(=O)[nH]c3=O)[C@H]2F)O[C@@H](n2cnc3c(NC(=O)c4ccccc4)ncnc32)[C@H]1F. The maximum absolute atomic E-state index is 16.6. The van der Waals surface area contributed by atoms with E-state index in [9.17, 15) is 28.9 Å². The van der Waals surface area contributed by atoms with Gasteiger partial charge in [-0.1, -0.05) is 18.2 Å². The molecule has 27 heteroatoms. The molecule has 4 unspecified atom stereocenters. The highest BCUT2D eigenvalue weighted by atomic mass is 32.5. The Hall–Kier alpha value is -4.72. The number of aliphatic hydroxyl groups is 1. The molecule has 3 aromatic heterocycles. The minimum atomic E-state index is -5.11. The lowest BCUT2D eigenvalue weighted by molar-refractivity contribution is -0.0550. The van der Waals surface area contributed by atoms with Crippen molar-refractivity contribution in [3.05, 3.63) is 81.7 Å². The molecule has 2 fully saturated rings. The second kappa shape index (κ2) is 19.1. The van der Waals surface area contributed by atoms with Crippen LogP contribution in [0.25, 0.3) is 11.2 Å². The topological polar surface area (TPSA) is 297 Å². The average Bonchev–Trinajstić information content (AvgIpc) is 3.87. The minimum Gasteiger partial charge on any atom is -0.394 e. The Kier molecular flexibility index (Phi) is 14.2. The summed E-state index contributed by atoms with van der Waals surface area (Å²) in [6, 6.07) is 12.6. The van der Waals surface area contributed by atoms with Crippen molar-refractivity contribution >= 4 is 49.2 Å². The van der Waals surface area contributed by atoms with E-state index in [2.05, 4.69) is 20.3 Å². The maximum Gasteiger partial charge on any atom is 0.472 e. The molecule has 5 heterocycles. The fraction of sp³-hybridized carbons (Fsp3) is 0.438. The Morgan fingerprint density at radius 3 is 2.29 bits per heavy atom. The van der Waals surface area contributed by atoms with Crippen molar-refractivity contribution in [2.75, 3.05) is 31.7 Å². The second-order valence-corrected chi connectivity index (χ2v) is 16.8. The standard InChI is InChI=1S/C32H33F2N9O13P2S/c33-22-25(19(14-44)53-30(22)42-11-8-21(45)40-32(42)47)56-58(59,51-13-5-10-36)52-15-20-26(55-57(48,49)50-12-4-9-35)23(34)31(54-20)43-17-39-24-27(37-16-38-28(24)43)41-29(46)18-6-2-1-3-7-18/h1-3,6-8,11,16-17,19-20,22-23,25-26,30-31,44H,4-5,12-15H2,(H,48,49)(H,40,45,47)(H,37,38,41,46)/t19-,20-,22+,23+,25?,26?,30-,31-,58?/m1/s1. The van der Waals surface area contributed by atoms with Gasteiger partial charge in [-0.05, 0) is 23.9 Å². The van der Waals surface area contributed by atoms with Gasteiger partial charge in [-0.25, -0.2) is 33.1 Å². The number of aromatic amines is 1. The monoisotopic (exact) mass is 883 g/mol. The number of hydrogen-bond acceptors (Lipinski definition) is 18. The molecule has 1 amide bonds. The molecule has 22 nitrogen and oxygen atoms in total. The van der Waals surface area contributed by atoms with E-state index in [4.69, 9.17) is 54.4 Å². The van der Waals surface area contributed by atoms with Crippen molar-refractivity contribution in [1.82, 2.24) is 29.1 Å². The predicted molar refractivity (Wildman–Crippen MR) is 198 cm³/mol. The van der Waals surface area contributed by atoms with Gasteiger partial charge >= 0.3 is 20.2 Å². The molecule has 0 aliphatic carbocycles. The number of carbonyl (C=O) groups excluding carboxylic acids is 1. The van der Waals surface area contributed by atoms with Crippen LogP contribution in [0.2, 0.25) is 0 Å². The number of nitriles is 2. The first-order valence-corrected chi connectivity index (χ1v) is 21.4. The molecule has 2 saturated heterocycles. The summed E-state index contributed by atoms with van der Waals surface area (Å²) in [6.07, 6.45) is -12.4. The number of amides is 1. The Morgan fingerprint density at radius 2 is 1.61 bits per heavy atom. The lowest BCUT2D eigenvalue weighted by Crippen LogP contribution is -2.37. The number of anilines is 1. The van der Waals surface area contributed by atoms with E-state index in [1.165, 1.54) is 0 Å². The average molecular weight is 884 g/mol. The third kappa shape index (κ3) is 10.2. The third-order valence-electron chi connectivity index (χ3n) is 8.57. The second-order valence-electron chi connectivity index (χ2n) is 12.4. The molecule has 6 rings (SSSR count). The molecule has 2 aliphatic rings. The van der Waals surface area contributed by atoms with Crippen LogP contribution in [-0.2, 0) is 48.5 Å². The molecule has 1 aromatic carbocycles. The van der Waals surface area contributed by atoms with Gasteiger partial charge in [-0.3, -0.25) is 37.3 Å². The quantitative estimate of drug-likeness (QED) is 0.0821. The number of fused-ring (bicyclic) bond motifs is 1. The van der Waals surface area contributed by atoms with Crippen LogP contribution in [-0.4, -0.2) is 108 Å². The van der Waals surface area contributed by atoms with Crippen LogP contribution in [0.4, 0.5) is 14.6 Å². The van der Waals surface area contributed by atoms with Crippen molar-refractivity contribution in [2.24, 2.45) is 0 Å². The number of alkyl halides is 2. The summed E-state index contributed by atoms with van der Waals surface area (Å²) in [5, 5.41) is 30.6. The highest BCUT2D eigenvalue weighted by Gasteiger charge is 2.53. The number of benzene rings is 1. The first kappa shape index (κ1) is 43.8. The summed E-state index contributed by atoms with van der Waals surface area (Å²) in [5.74, 6) is -0.580. The number of phosphoric acid groups is 1.